The number of rotatable bonds is 4. The van der Waals surface area contributed by atoms with Crippen molar-refractivity contribution in [3.05, 3.63) is 24.5 Å². The van der Waals surface area contributed by atoms with Crippen molar-refractivity contribution in [1.82, 2.24) is 29.5 Å². The number of imidazole rings is 2. The van der Waals surface area contributed by atoms with Gasteiger partial charge in [-0.15, -0.1) is 0 Å². The average Bonchev–Trinajstić information content (AvgIpc) is 3.26. The Hall–Kier alpha value is -2.64. The third-order valence-electron chi connectivity index (χ3n) is 5.80. The van der Waals surface area contributed by atoms with Crippen LogP contribution in [0.4, 0.5) is 11.8 Å². The summed E-state index contributed by atoms with van der Waals surface area (Å²) in [4.78, 5) is 23.1. The van der Waals surface area contributed by atoms with Crippen LogP contribution in [0.1, 0.15) is 43.8 Å². The van der Waals surface area contributed by atoms with Crippen molar-refractivity contribution in [2.24, 2.45) is 5.92 Å². The van der Waals surface area contributed by atoms with Crippen molar-refractivity contribution < 1.29 is 0 Å². The Bertz CT molecular complexity index is 909. The van der Waals surface area contributed by atoms with Gasteiger partial charge in [0.25, 0.3) is 0 Å². The van der Waals surface area contributed by atoms with Crippen LogP contribution in [0.5, 0.6) is 0 Å². The van der Waals surface area contributed by atoms with Crippen LogP contribution < -0.4 is 10.6 Å². The lowest BCUT2D eigenvalue weighted by atomic mass is 9.85. The number of H-pyrrole nitrogens is 1. The molecule has 3 N–H and O–H groups in total. The van der Waals surface area contributed by atoms with Crippen LogP contribution in [0.15, 0.2) is 18.7 Å². The first-order chi connectivity index (χ1) is 12.8. The van der Waals surface area contributed by atoms with Crippen LogP contribution in [-0.4, -0.2) is 42.6 Å². The van der Waals surface area contributed by atoms with E-state index in [1.165, 1.54) is 25.1 Å². The molecule has 0 amide bonds. The number of fused-ring (bicyclic) bond motifs is 1. The molecule has 0 spiro atoms. The SMILES string of the molecule is Nc1nc(N2CCC[C@H](c3nccn3CC3CCC3)C2)c2[nH]cnc2n1. The Morgan fingerprint density at radius 2 is 2.08 bits per heavy atom. The average molecular weight is 352 g/mol. The standard InChI is InChI=1S/C18H24N8/c19-18-23-15-14(21-11-22-15)17(24-18)25-7-2-5-13(10-25)16-20-6-8-26(16)9-12-3-1-4-12/h6,8,11-13H,1-5,7,9-10H2,(H3,19,21,22,23,24)/t13-/m0/s1. The van der Waals surface area contributed by atoms with Gasteiger partial charge in [-0.25, -0.2) is 9.97 Å². The van der Waals surface area contributed by atoms with Crippen molar-refractivity contribution in [2.45, 2.75) is 44.6 Å². The number of hydrogen-bond acceptors (Lipinski definition) is 6. The molecule has 0 unspecified atom stereocenters. The van der Waals surface area contributed by atoms with Crippen LogP contribution in [-0.2, 0) is 6.54 Å². The van der Waals surface area contributed by atoms with E-state index in [0.29, 0.717) is 11.6 Å². The number of nitrogens with one attached hydrogen (secondary N) is 1. The highest BCUT2D eigenvalue weighted by molar-refractivity contribution is 5.84. The van der Waals surface area contributed by atoms with Gasteiger partial charge in [-0.1, -0.05) is 6.42 Å². The number of aromatic amines is 1. The van der Waals surface area contributed by atoms with Crippen molar-refractivity contribution in [3.63, 3.8) is 0 Å². The van der Waals surface area contributed by atoms with Gasteiger partial charge in [-0.3, -0.25) is 0 Å². The first-order valence-corrected chi connectivity index (χ1v) is 9.50. The summed E-state index contributed by atoms with van der Waals surface area (Å²) in [6.45, 7) is 2.97. The maximum atomic E-state index is 5.90. The minimum Gasteiger partial charge on any atom is -0.368 e. The van der Waals surface area contributed by atoms with E-state index < -0.39 is 0 Å². The Morgan fingerprint density at radius 1 is 1.15 bits per heavy atom. The second-order valence-electron chi connectivity index (χ2n) is 7.53. The first-order valence-electron chi connectivity index (χ1n) is 9.50. The summed E-state index contributed by atoms with van der Waals surface area (Å²) in [5, 5.41) is 0. The Morgan fingerprint density at radius 3 is 2.92 bits per heavy atom. The fourth-order valence-corrected chi connectivity index (χ4v) is 4.23. The molecule has 8 nitrogen and oxygen atoms in total. The second kappa shape index (κ2) is 6.26. The van der Waals surface area contributed by atoms with E-state index in [4.69, 9.17) is 10.7 Å². The second-order valence-corrected chi connectivity index (χ2v) is 7.53. The molecular weight excluding hydrogens is 328 g/mol. The molecule has 0 bridgehead atoms. The van der Waals surface area contributed by atoms with Gasteiger partial charge in [-0.2, -0.15) is 9.97 Å². The quantitative estimate of drug-likeness (QED) is 0.747. The van der Waals surface area contributed by atoms with Crippen molar-refractivity contribution in [1.29, 1.82) is 0 Å². The van der Waals surface area contributed by atoms with E-state index in [-0.39, 0.29) is 5.95 Å². The van der Waals surface area contributed by atoms with Gasteiger partial charge in [0, 0.05) is 37.9 Å². The molecule has 2 fully saturated rings. The summed E-state index contributed by atoms with van der Waals surface area (Å²) in [6.07, 6.45) is 12.1. The van der Waals surface area contributed by atoms with Gasteiger partial charge in [0.15, 0.2) is 11.5 Å². The molecule has 2 aliphatic rings. The Kier molecular flexibility index (Phi) is 3.76. The Balaban J connectivity index is 1.41. The van der Waals surface area contributed by atoms with Gasteiger partial charge in [-0.05, 0) is 31.6 Å². The molecule has 4 heterocycles. The zero-order valence-electron chi connectivity index (χ0n) is 14.8. The van der Waals surface area contributed by atoms with Crippen LogP contribution >= 0.6 is 0 Å². The lowest BCUT2D eigenvalue weighted by molar-refractivity contribution is 0.270. The third kappa shape index (κ3) is 2.69. The van der Waals surface area contributed by atoms with E-state index in [2.05, 4.69) is 35.6 Å². The summed E-state index contributed by atoms with van der Waals surface area (Å²) < 4.78 is 2.37. The molecule has 0 aromatic carbocycles. The summed E-state index contributed by atoms with van der Waals surface area (Å²) in [6, 6.07) is 0. The molecule has 26 heavy (non-hydrogen) atoms. The molecule has 1 saturated heterocycles. The summed E-state index contributed by atoms with van der Waals surface area (Å²) in [5.41, 5.74) is 7.39. The first kappa shape index (κ1) is 15.6. The largest absolute Gasteiger partial charge is 0.368 e. The summed E-state index contributed by atoms with van der Waals surface area (Å²) in [5.74, 6) is 3.58. The van der Waals surface area contributed by atoms with E-state index in [9.17, 15) is 0 Å². The summed E-state index contributed by atoms with van der Waals surface area (Å²) >= 11 is 0. The van der Waals surface area contributed by atoms with Gasteiger partial charge in [0.2, 0.25) is 5.95 Å². The minimum absolute atomic E-state index is 0.271. The molecule has 8 heteroatoms. The maximum absolute atomic E-state index is 5.90. The number of piperidine rings is 1. The van der Waals surface area contributed by atoms with E-state index >= 15 is 0 Å². The highest BCUT2D eigenvalue weighted by Gasteiger charge is 2.28. The molecule has 1 saturated carbocycles. The molecule has 136 valence electrons. The minimum atomic E-state index is 0.271. The van der Waals surface area contributed by atoms with Crippen LogP contribution in [0, 0.1) is 5.92 Å². The number of nitrogens with zero attached hydrogens (tertiary/aromatic N) is 6. The van der Waals surface area contributed by atoms with Crippen molar-refractivity contribution in [2.75, 3.05) is 23.7 Å². The lowest BCUT2D eigenvalue weighted by Gasteiger charge is -2.34. The van der Waals surface area contributed by atoms with Crippen molar-refractivity contribution in [3.8, 4) is 0 Å². The molecule has 3 aromatic heterocycles. The van der Waals surface area contributed by atoms with Gasteiger partial charge in [0.05, 0.1) is 6.33 Å². The number of anilines is 2. The highest BCUT2D eigenvalue weighted by atomic mass is 15.2. The Labute approximate surface area is 151 Å². The third-order valence-corrected chi connectivity index (χ3v) is 5.80. The number of nitrogen functional groups attached to an aromatic ring is 1. The zero-order chi connectivity index (χ0) is 17.5. The van der Waals surface area contributed by atoms with E-state index in [1.54, 1.807) is 6.33 Å². The monoisotopic (exact) mass is 352 g/mol. The smallest absolute Gasteiger partial charge is 0.224 e. The number of nitrogens with two attached hydrogens (primary N) is 1. The normalized spacial score (nSPS) is 21.2. The molecular formula is C18H24N8. The van der Waals surface area contributed by atoms with Gasteiger partial charge >= 0.3 is 0 Å². The van der Waals surface area contributed by atoms with Gasteiger partial charge < -0.3 is 20.2 Å². The fourth-order valence-electron chi connectivity index (χ4n) is 4.23. The lowest BCUT2D eigenvalue weighted by Crippen LogP contribution is -2.36. The van der Waals surface area contributed by atoms with E-state index in [0.717, 1.165) is 49.7 Å². The molecule has 1 aliphatic heterocycles. The highest BCUT2D eigenvalue weighted by Crippen LogP contribution is 2.33. The topological polar surface area (TPSA) is 102 Å². The number of hydrogen-bond donors (Lipinski definition) is 2. The molecule has 1 aliphatic carbocycles. The van der Waals surface area contributed by atoms with E-state index in [1.807, 2.05) is 6.20 Å². The van der Waals surface area contributed by atoms with Crippen molar-refractivity contribution >= 4 is 22.9 Å². The predicted molar refractivity (Wildman–Crippen MR) is 99.9 cm³/mol. The number of aromatic nitrogens is 6. The molecule has 0 radical (unpaired) electrons. The fraction of sp³-hybridized carbons (Fsp3) is 0.556. The summed E-state index contributed by atoms with van der Waals surface area (Å²) in [7, 11) is 0. The molecule has 1 atom stereocenters. The maximum Gasteiger partial charge on any atom is 0.224 e. The van der Waals surface area contributed by atoms with Crippen LogP contribution in [0.2, 0.25) is 0 Å². The van der Waals surface area contributed by atoms with Crippen LogP contribution in [0.3, 0.4) is 0 Å². The predicted octanol–water partition coefficient (Wildman–Crippen LogP) is 2.32. The molecule has 5 rings (SSSR count). The van der Waals surface area contributed by atoms with Gasteiger partial charge in [0.1, 0.15) is 11.3 Å². The molecule has 3 aromatic rings. The zero-order valence-corrected chi connectivity index (χ0v) is 14.8. The van der Waals surface area contributed by atoms with Crippen LogP contribution in [0.25, 0.3) is 11.2 Å².